The molecule has 0 radical (unpaired) electrons. The van der Waals surface area contributed by atoms with Gasteiger partial charge in [-0.2, -0.15) is 5.10 Å². The second-order valence-electron chi connectivity index (χ2n) is 9.10. The van der Waals surface area contributed by atoms with E-state index in [2.05, 4.69) is 57.5 Å². The normalized spacial score (nSPS) is 10.6. The summed E-state index contributed by atoms with van der Waals surface area (Å²) in [6.45, 7) is 0. The van der Waals surface area contributed by atoms with Gasteiger partial charge < -0.3 is 10.6 Å². The van der Waals surface area contributed by atoms with E-state index in [-0.39, 0.29) is 11.2 Å². The summed E-state index contributed by atoms with van der Waals surface area (Å²) in [5, 5.41) is 13.0. The van der Waals surface area contributed by atoms with Gasteiger partial charge in [-0.1, -0.05) is 29.1 Å². The Labute approximate surface area is 269 Å². The van der Waals surface area contributed by atoms with Crippen molar-refractivity contribution in [3.63, 3.8) is 0 Å². The van der Waals surface area contributed by atoms with Gasteiger partial charge in [-0.25, -0.2) is 19.9 Å². The van der Waals surface area contributed by atoms with Crippen LogP contribution >= 0.6 is 50.7 Å². The van der Waals surface area contributed by atoms with Crippen LogP contribution < -0.4 is 10.6 Å². The zero-order chi connectivity index (χ0) is 30.7. The van der Waals surface area contributed by atoms with Crippen LogP contribution in [-0.2, 0) is 7.05 Å². The number of rotatable bonds is 4. The van der Waals surface area contributed by atoms with Crippen LogP contribution in [0.25, 0.3) is 32.9 Å². The molecule has 2 N–H and O–H groups in total. The van der Waals surface area contributed by atoms with Gasteiger partial charge in [0, 0.05) is 70.3 Å². The van der Waals surface area contributed by atoms with Gasteiger partial charge >= 0.3 is 0 Å². The number of terminal acetylenes is 1. The van der Waals surface area contributed by atoms with Crippen molar-refractivity contribution in [2.24, 2.45) is 7.05 Å². The van der Waals surface area contributed by atoms with Crippen molar-refractivity contribution in [2.45, 2.75) is 0 Å². The molecule has 0 saturated carbocycles. The lowest BCUT2D eigenvalue weighted by Crippen LogP contribution is -2.18. The summed E-state index contributed by atoms with van der Waals surface area (Å²) < 4.78 is 2.53. The minimum atomic E-state index is -0.197. The van der Waals surface area contributed by atoms with E-state index >= 15 is 0 Å². The minimum Gasteiger partial charge on any atom is -0.355 e. The highest BCUT2D eigenvalue weighted by molar-refractivity contribution is 9.10. The largest absolute Gasteiger partial charge is 0.355 e. The molecule has 0 atom stereocenters. The van der Waals surface area contributed by atoms with Gasteiger partial charge in [-0.3, -0.25) is 9.48 Å². The van der Waals surface area contributed by atoms with Gasteiger partial charge in [0.05, 0.1) is 27.3 Å². The van der Waals surface area contributed by atoms with E-state index < -0.39 is 0 Å². The van der Waals surface area contributed by atoms with Crippen LogP contribution in [0.15, 0.2) is 71.7 Å². The van der Waals surface area contributed by atoms with Gasteiger partial charge in [0.1, 0.15) is 0 Å². The molecule has 0 aliphatic carbocycles. The third-order valence-electron chi connectivity index (χ3n) is 6.13. The fourth-order valence-corrected chi connectivity index (χ4v) is 4.94. The molecule has 1 amide bonds. The van der Waals surface area contributed by atoms with Gasteiger partial charge in [0.25, 0.3) is 5.91 Å². The molecule has 0 aliphatic heterocycles. The van der Waals surface area contributed by atoms with Crippen LogP contribution in [-0.4, -0.2) is 42.7 Å². The van der Waals surface area contributed by atoms with Gasteiger partial charge in [0.2, 0.25) is 11.2 Å². The van der Waals surface area contributed by atoms with Crippen LogP contribution in [0.1, 0.15) is 15.9 Å². The SMILES string of the molecule is C#Cc1cc2cnc(Nc3cc(C(=O)NC)cc(-c4cnn(C)c4)c3)nc2cc1Cl.Clc1ncc2cc(Br)c(Cl)cc2n1. The lowest BCUT2D eigenvalue weighted by atomic mass is 10.0. The number of anilines is 2. The molecule has 3 aromatic heterocycles. The molecule has 0 aliphatic rings. The number of benzene rings is 3. The first-order valence-electron chi connectivity index (χ1n) is 12.5. The Hall–Kier alpha value is -4.27. The third-order valence-corrected chi connectivity index (χ3v) is 7.83. The molecule has 43 heavy (non-hydrogen) atoms. The number of halogens is 4. The highest BCUT2D eigenvalue weighted by atomic mass is 79.9. The first-order valence-corrected chi connectivity index (χ1v) is 14.4. The summed E-state index contributed by atoms with van der Waals surface area (Å²) >= 11 is 21.0. The molecule has 6 rings (SSSR count). The number of nitrogens with zero attached hydrogens (tertiary/aromatic N) is 6. The molecule has 0 unspecified atom stereocenters. The summed E-state index contributed by atoms with van der Waals surface area (Å²) in [5.74, 6) is 2.72. The van der Waals surface area contributed by atoms with Crippen LogP contribution in [0.3, 0.4) is 0 Å². The molecule has 214 valence electrons. The van der Waals surface area contributed by atoms with E-state index in [0.29, 0.717) is 38.3 Å². The summed E-state index contributed by atoms with van der Waals surface area (Å²) in [7, 11) is 3.43. The van der Waals surface area contributed by atoms with E-state index in [1.54, 1.807) is 54.6 Å². The Kier molecular flexibility index (Phi) is 9.08. The number of nitrogens with one attached hydrogen (secondary N) is 2. The Morgan fingerprint density at radius 2 is 1.63 bits per heavy atom. The molecular weight excluding hydrogens is 675 g/mol. The number of amides is 1. The Balaban J connectivity index is 0.000000235. The van der Waals surface area contributed by atoms with Crippen LogP contribution in [0.2, 0.25) is 15.3 Å². The smallest absolute Gasteiger partial charge is 0.251 e. The molecule has 0 fully saturated rings. The molecule has 13 heteroatoms. The Bertz CT molecular complexity index is 2060. The van der Waals surface area contributed by atoms with E-state index in [1.807, 2.05) is 31.4 Å². The Morgan fingerprint density at radius 3 is 2.35 bits per heavy atom. The highest BCUT2D eigenvalue weighted by Crippen LogP contribution is 2.29. The highest BCUT2D eigenvalue weighted by Gasteiger charge is 2.12. The molecular formula is C30H20BrCl3N8O. The lowest BCUT2D eigenvalue weighted by Gasteiger charge is -2.10. The fraction of sp³-hybridized carbons (Fsp3) is 0.0667. The number of hydrogen-bond donors (Lipinski definition) is 2. The van der Waals surface area contributed by atoms with Gasteiger partial charge in [-0.15, -0.1) is 6.42 Å². The molecule has 0 bridgehead atoms. The zero-order valence-electron chi connectivity index (χ0n) is 22.5. The number of hydrogen-bond acceptors (Lipinski definition) is 7. The van der Waals surface area contributed by atoms with E-state index in [9.17, 15) is 4.79 Å². The van der Waals surface area contributed by atoms with Crippen LogP contribution in [0, 0.1) is 12.3 Å². The predicted octanol–water partition coefficient (Wildman–Crippen LogP) is 7.47. The lowest BCUT2D eigenvalue weighted by molar-refractivity contribution is 0.0963. The van der Waals surface area contributed by atoms with Crippen molar-refractivity contribution >= 4 is 90.1 Å². The van der Waals surface area contributed by atoms with Crippen LogP contribution in [0.5, 0.6) is 0 Å². The third kappa shape index (κ3) is 7.04. The minimum absolute atomic E-state index is 0.197. The molecule has 9 nitrogen and oxygen atoms in total. The number of aryl methyl sites for hydroxylation is 1. The van der Waals surface area contributed by atoms with Crippen molar-refractivity contribution in [1.82, 2.24) is 35.0 Å². The molecule has 6 aromatic rings. The number of fused-ring (bicyclic) bond motifs is 2. The Morgan fingerprint density at radius 1 is 0.907 bits per heavy atom. The number of aromatic nitrogens is 6. The van der Waals surface area contributed by atoms with E-state index in [0.717, 1.165) is 31.9 Å². The first kappa shape index (κ1) is 30.2. The van der Waals surface area contributed by atoms with Crippen molar-refractivity contribution in [3.8, 4) is 23.5 Å². The van der Waals surface area contributed by atoms with Crippen molar-refractivity contribution in [1.29, 1.82) is 0 Å². The number of carbonyl (C=O) groups excluding carboxylic acids is 1. The summed E-state index contributed by atoms with van der Waals surface area (Å²) in [5.41, 5.74) is 4.89. The standard InChI is InChI=1S/C22H17ClN6O.C8H3BrCl2N2/c1-4-13-5-16-10-25-22(28-20(16)9-19(13)23)27-18-7-14(17-11-26-29(3)12-17)6-15(8-18)21(30)24-2;9-5-1-4-3-12-8(11)13-7(4)2-6(5)10/h1,5-12H,2-3H3,(H,24,30)(H,25,27,28);1-3H. The maximum Gasteiger partial charge on any atom is 0.251 e. The molecule has 0 spiro atoms. The monoisotopic (exact) mass is 692 g/mol. The van der Waals surface area contributed by atoms with E-state index in [4.69, 9.17) is 41.2 Å². The summed E-state index contributed by atoms with van der Waals surface area (Å²) in [4.78, 5) is 29.0. The topological polar surface area (TPSA) is 111 Å². The average Bonchev–Trinajstić information content (AvgIpc) is 3.43. The van der Waals surface area contributed by atoms with Crippen molar-refractivity contribution in [3.05, 3.63) is 98.2 Å². The second-order valence-corrected chi connectivity index (χ2v) is 11.1. The zero-order valence-corrected chi connectivity index (χ0v) is 26.4. The van der Waals surface area contributed by atoms with Crippen LogP contribution in [0.4, 0.5) is 11.6 Å². The molecule has 3 aromatic carbocycles. The summed E-state index contributed by atoms with van der Waals surface area (Å²) in [6, 6.07) is 12.5. The molecule has 3 heterocycles. The summed E-state index contributed by atoms with van der Waals surface area (Å²) in [6.07, 6.45) is 12.4. The molecule has 0 saturated heterocycles. The fourth-order valence-electron chi connectivity index (χ4n) is 4.07. The average molecular weight is 695 g/mol. The second kappa shape index (κ2) is 12.9. The van der Waals surface area contributed by atoms with Crippen molar-refractivity contribution < 1.29 is 4.79 Å². The van der Waals surface area contributed by atoms with Gasteiger partial charge in [-0.05, 0) is 75.6 Å². The maximum absolute atomic E-state index is 12.3. The maximum atomic E-state index is 12.3. The van der Waals surface area contributed by atoms with Gasteiger partial charge in [0.15, 0.2) is 0 Å². The first-order chi connectivity index (χ1) is 20.6. The van der Waals surface area contributed by atoms with Crippen molar-refractivity contribution in [2.75, 3.05) is 12.4 Å². The van der Waals surface area contributed by atoms with E-state index in [1.165, 1.54) is 0 Å². The quantitative estimate of drug-likeness (QED) is 0.146. The number of carbonyl (C=O) groups is 1. The predicted molar refractivity (Wildman–Crippen MR) is 175 cm³/mol.